The van der Waals surface area contributed by atoms with Crippen molar-refractivity contribution >= 4 is 59.7 Å². The molecule has 1 unspecified atom stereocenters. The van der Waals surface area contributed by atoms with Crippen molar-refractivity contribution in [2.75, 3.05) is 19.8 Å². The molecule has 26 nitrogen and oxygen atoms in total. The second-order valence-corrected chi connectivity index (χ2v) is 14.3. The number of aliphatic hydroxyl groups excluding tert-OH is 1. The molecule has 0 aromatic carbocycles. The maximum Gasteiger partial charge on any atom is 0.303 e. The standard InChI is InChI=1S/C38H52O26/c1-14(39)50-11-24-27(53-17(4)42)30(33(36(49)60-24)57-21(8)46)64-38-35(59-23(10)48)32(56-20(7)45)29(26(62-38)13-52-16(3)41)63-37-34(58-22(9)47)31(55-19(6)44)28(54-18(5)43)25(61-37)12-51-15(2)40/h24-38,49H,11-13H2,1-10H3/t24-,25-,26-,27-,28-,29-,30+,31+,32+,33-,34-,35-,36?,37+,38+/m1/s1. The first-order valence-electron chi connectivity index (χ1n) is 19.4. The Morgan fingerprint density at radius 3 is 0.953 bits per heavy atom. The summed E-state index contributed by atoms with van der Waals surface area (Å²) in [7, 11) is 0. The number of esters is 10. The highest BCUT2D eigenvalue weighted by Gasteiger charge is 2.60. The molecule has 0 saturated carbocycles. The number of rotatable bonds is 17. The molecule has 3 saturated heterocycles. The minimum absolute atomic E-state index is 0.660. The van der Waals surface area contributed by atoms with Crippen LogP contribution in [-0.4, -0.2) is 177 Å². The lowest BCUT2D eigenvalue weighted by Crippen LogP contribution is -2.69. The normalized spacial score (nSPS) is 32.3. The molecule has 15 atom stereocenters. The first-order valence-corrected chi connectivity index (χ1v) is 19.4. The number of aliphatic hydroxyl groups is 1. The average Bonchev–Trinajstić information content (AvgIpc) is 3.15. The Labute approximate surface area is 364 Å². The molecule has 0 spiro atoms. The zero-order valence-corrected chi connectivity index (χ0v) is 36.4. The van der Waals surface area contributed by atoms with Gasteiger partial charge in [-0.1, -0.05) is 0 Å². The highest BCUT2D eigenvalue weighted by molar-refractivity contribution is 5.70. The number of ether oxygens (including phenoxy) is 15. The van der Waals surface area contributed by atoms with Crippen LogP contribution in [0.25, 0.3) is 0 Å². The van der Waals surface area contributed by atoms with Crippen molar-refractivity contribution < 1.29 is 124 Å². The van der Waals surface area contributed by atoms with Gasteiger partial charge in [-0.3, -0.25) is 47.9 Å². The molecule has 3 fully saturated rings. The highest BCUT2D eigenvalue weighted by atomic mass is 16.8. The molecule has 360 valence electrons. The van der Waals surface area contributed by atoms with Gasteiger partial charge in [-0.05, 0) is 0 Å². The maximum absolute atomic E-state index is 12.9. The SMILES string of the molecule is CC(=O)OC[C@H]1O[C@@H](O[C@H]2[C@H](OC(C)=O)[C@@H](OC(C)=O)[C@H](O[C@H]3[C@H](OC(C)=O)[C@@H](COC(C)=O)OC(O)[C@@H]3OC(C)=O)O[C@@H]2COC(C)=O)[C@H](OC(C)=O)[C@@H](OC(C)=O)[C@@H]1OC(C)=O. The lowest BCUT2D eigenvalue weighted by Gasteiger charge is -2.50. The summed E-state index contributed by atoms with van der Waals surface area (Å²) in [5.74, 6) is -9.61. The third-order valence-electron chi connectivity index (χ3n) is 8.84. The van der Waals surface area contributed by atoms with Crippen molar-refractivity contribution in [1.29, 1.82) is 0 Å². The van der Waals surface area contributed by atoms with Crippen LogP contribution in [0, 0.1) is 0 Å². The van der Waals surface area contributed by atoms with E-state index in [1.54, 1.807) is 0 Å². The van der Waals surface area contributed by atoms with Gasteiger partial charge < -0.3 is 76.2 Å². The quantitative estimate of drug-likeness (QED) is 0.123. The molecular formula is C38H52O26. The van der Waals surface area contributed by atoms with Crippen molar-refractivity contribution in [2.24, 2.45) is 0 Å². The Morgan fingerprint density at radius 2 is 0.594 bits per heavy atom. The molecule has 26 heteroatoms. The van der Waals surface area contributed by atoms with Crippen LogP contribution < -0.4 is 0 Å². The van der Waals surface area contributed by atoms with Crippen LogP contribution in [-0.2, 0) is 119 Å². The van der Waals surface area contributed by atoms with Gasteiger partial charge in [-0.15, -0.1) is 0 Å². The number of carbonyl (C=O) groups excluding carboxylic acids is 10. The Morgan fingerprint density at radius 1 is 0.328 bits per heavy atom. The van der Waals surface area contributed by atoms with E-state index in [0.29, 0.717) is 0 Å². The summed E-state index contributed by atoms with van der Waals surface area (Å²) in [6, 6.07) is 0. The molecule has 3 heterocycles. The zero-order chi connectivity index (χ0) is 48.2. The van der Waals surface area contributed by atoms with E-state index in [-0.39, 0.29) is 0 Å². The second kappa shape index (κ2) is 23.9. The van der Waals surface area contributed by atoms with Gasteiger partial charge in [0.15, 0.2) is 61.6 Å². The van der Waals surface area contributed by atoms with E-state index in [1.807, 2.05) is 0 Å². The van der Waals surface area contributed by atoms with E-state index in [9.17, 15) is 53.1 Å². The van der Waals surface area contributed by atoms with Gasteiger partial charge in [0.2, 0.25) is 0 Å². The van der Waals surface area contributed by atoms with Crippen LogP contribution in [0.3, 0.4) is 0 Å². The van der Waals surface area contributed by atoms with E-state index in [1.165, 1.54) is 0 Å². The smallest absolute Gasteiger partial charge is 0.303 e. The van der Waals surface area contributed by atoms with Gasteiger partial charge in [-0.2, -0.15) is 0 Å². The number of hydrogen-bond donors (Lipinski definition) is 1. The van der Waals surface area contributed by atoms with Crippen LogP contribution in [0.15, 0.2) is 0 Å². The van der Waals surface area contributed by atoms with Gasteiger partial charge >= 0.3 is 59.7 Å². The molecule has 0 aliphatic carbocycles. The summed E-state index contributed by atoms with van der Waals surface area (Å²) in [6.45, 7) is 7.68. The van der Waals surface area contributed by atoms with Crippen molar-refractivity contribution in [3.63, 3.8) is 0 Å². The maximum atomic E-state index is 12.9. The molecule has 64 heavy (non-hydrogen) atoms. The molecule has 0 radical (unpaired) electrons. The van der Waals surface area contributed by atoms with Gasteiger partial charge in [0.25, 0.3) is 0 Å². The minimum atomic E-state index is -2.07. The predicted molar refractivity (Wildman–Crippen MR) is 197 cm³/mol. The number of hydrogen-bond acceptors (Lipinski definition) is 26. The summed E-state index contributed by atoms with van der Waals surface area (Å²) >= 11 is 0. The van der Waals surface area contributed by atoms with Gasteiger partial charge in [-0.25, -0.2) is 0 Å². The topological polar surface area (TPSA) is 329 Å². The highest BCUT2D eigenvalue weighted by Crippen LogP contribution is 2.38. The Bertz CT molecular complexity index is 1730. The molecule has 0 amide bonds. The van der Waals surface area contributed by atoms with E-state index in [4.69, 9.17) is 71.1 Å². The molecule has 3 rings (SSSR count). The zero-order valence-electron chi connectivity index (χ0n) is 36.4. The van der Waals surface area contributed by atoms with Crippen molar-refractivity contribution in [1.82, 2.24) is 0 Å². The third kappa shape index (κ3) is 15.6. The number of carbonyl (C=O) groups is 10. The van der Waals surface area contributed by atoms with Crippen LogP contribution in [0.4, 0.5) is 0 Å². The minimum Gasteiger partial charge on any atom is -0.463 e. The first-order chi connectivity index (χ1) is 29.9. The largest absolute Gasteiger partial charge is 0.463 e. The summed E-state index contributed by atoms with van der Waals surface area (Å²) in [6.07, 6.45) is -27.4. The Hall–Kier alpha value is -5.54. The van der Waals surface area contributed by atoms with Crippen molar-refractivity contribution in [3.8, 4) is 0 Å². The second-order valence-electron chi connectivity index (χ2n) is 14.3. The fourth-order valence-electron chi connectivity index (χ4n) is 6.77. The first kappa shape index (κ1) is 52.8. The Balaban J connectivity index is 2.28. The molecular weight excluding hydrogens is 872 g/mol. The lowest BCUT2D eigenvalue weighted by atomic mass is 9.95. The van der Waals surface area contributed by atoms with E-state index in [2.05, 4.69) is 0 Å². The van der Waals surface area contributed by atoms with Gasteiger partial charge in [0.05, 0.1) is 0 Å². The van der Waals surface area contributed by atoms with Gasteiger partial charge in [0.1, 0.15) is 50.3 Å². The summed E-state index contributed by atoms with van der Waals surface area (Å²) < 4.78 is 84.1. The summed E-state index contributed by atoms with van der Waals surface area (Å²) in [5.41, 5.74) is 0. The molecule has 0 aromatic rings. The van der Waals surface area contributed by atoms with Crippen molar-refractivity contribution in [3.05, 3.63) is 0 Å². The molecule has 0 aromatic heterocycles. The monoisotopic (exact) mass is 924 g/mol. The molecule has 3 aliphatic heterocycles. The van der Waals surface area contributed by atoms with E-state index < -0.39 is 172 Å². The van der Waals surface area contributed by atoms with Crippen LogP contribution >= 0.6 is 0 Å². The fourth-order valence-corrected chi connectivity index (χ4v) is 6.77. The summed E-state index contributed by atoms with van der Waals surface area (Å²) in [4.78, 5) is 124. The Kier molecular flexibility index (Phi) is 19.8. The van der Waals surface area contributed by atoms with Crippen LogP contribution in [0.5, 0.6) is 0 Å². The summed E-state index contributed by atoms with van der Waals surface area (Å²) in [5, 5.41) is 11.1. The van der Waals surface area contributed by atoms with E-state index >= 15 is 0 Å². The molecule has 1 N–H and O–H groups in total. The predicted octanol–water partition coefficient (Wildman–Crippen LogP) is -1.86. The molecule has 3 aliphatic rings. The fraction of sp³-hybridized carbons (Fsp3) is 0.737. The van der Waals surface area contributed by atoms with Crippen LogP contribution in [0.2, 0.25) is 0 Å². The third-order valence-corrected chi connectivity index (χ3v) is 8.84. The lowest BCUT2D eigenvalue weighted by molar-refractivity contribution is -0.379. The average molecular weight is 925 g/mol. The van der Waals surface area contributed by atoms with E-state index in [0.717, 1.165) is 69.2 Å². The van der Waals surface area contributed by atoms with Crippen LogP contribution in [0.1, 0.15) is 69.2 Å². The molecule has 0 bridgehead atoms. The van der Waals surface area contributed by atoms with Gasteiger partial charge in [0, 0.05) is 69.2 Å². The van der Waals surface area contributed by atoms with Crippen molar-refractivity contribution in [2.45, 2.75) is 161 Å².